The first kappa shape index (κ1) is 11.0. The lowest BCUT2D eigenvalue weighted by Crippen LogP contribution is -1.96. The van der Waals surface area contributed by atoms with Crippen LogP contribution in [0.4, 0.5) is 0 Å². The fourth-order valence-corrected chi connectivity index (χ4v) is 2.88. The molecule has 0 amide bonds. The zero-order valence-electron chi connectivity index (χ0n) is 9.75. The van der Waals surface area contributed by atoms with Crippen molar-refractivity contribution >= 4 is 11.6 Å². The molecule has 4 nitrogen and oxygen atoms in total. The summed E-state index contributed by atoms with van der Waals surface area (Å²) in [7, 11) is 0. The van der Waals surface area contributed by atoms with Gasteiger partial charge in [0.1, 0.15) is 12.2 Å². The molecule has 2 aliphatic rings. The maximum atomic E-state index is 10.3. The number of hydrogen-bond acceptors (Lipinski definition) is 3. The number of aromatic nitrogens is 1. The van der Waals surface area contributed by atoms with Crippen molar-refractivity contribution in [3.8, 4) is 17.4 Å². The van der Waals surface area contributed by atoms with Gasteiger partial charge in [-0.2, -0.15) is 0 Å². The third-order valence-corrected chi connectivity index (χ3v) is 3.86. The minimum absolute atomic E-state index is 0.0201. The first-order valence-electron chi connectivity index (χ1n) is 5.93. The molecule has 5 heteroatoms. The van der Waals surface area contributed by atoms with Crippen molar-refractivity contribution < 1.29 is 14.9 Å². The van der Waals surface area contributed by atoms with E-state index < -0.39 is 0 Å². The minimum atomic E-state index is -0.264. The first-order valence-corrected chi connectivity index (χ1v) is 6.31. The Morgan fingerprint density at radius 2 is 1.47 bits per heavy atom. The number of fused-ring (bicyclic) bond motifs is 5. The van der Waals surface area contributed by atoms with Gasteiger partial charge in [0.25, 0.3) is 0 Å². The Balaban J connectivity index is 1.94. The van der Waals surface area contributed by atoms with Crippen LogP contribution in [0.1, 0.15) is 23.3 Å². The number of aromatic hydroxyl groups is 2. The van der Waals surface area contributed by atoms with Crippen molar-refractivity contribution in [2.24, 2.45) is 0 Å². The minimum Gasteiger partial charge on any atom is -0.494 e. The number of nitrogens with zero attached hydrogens (tertiary/aromatic N) is 1. The normalized spacial score (nSPS) is 23.0. The van der Waals surface area contributed by atoms with Gasteiger partial charge in [-0.05, 0) is 24.3 Å². The monoisotopic (exact) mass is 275 g/mol. The average molecular weight is 276 g/mol. The van der Waals surface area contributed by atoms with Crippen LogP contribution in [0.25, 0.3) is 5.69 Å². The highest BCUT2D eigenvalue weighted by Crippen LogP contribution is 2.55. The van der Waals surface area contributed by atoms with E-state index in [4.69, 9.17) is 16.3 Å². The van der Waals surface area contributed by atoms with Crippen LogP contribution < -0.4 is 0 Å². The van der Waals surface area contributed by atoms with Gasteiger partial charge in [-0.1, -0.05) is 23.8 Å². The molecule has 0 radical (unpaired) electrons. The Labute approximate surface area is 114 Å². The molecule has 3 heterocycles. The molecule has 1 aromatic heterocycles. The molecule has 2 N–H and O–H groups in total. The maximum Gasteiger partial charge on any atom is 0.205 e. The Bertz CT molecular complexity index is 667. The first-order chi connectivity index (χ1) is 9.16. The molecule has 2 aliphatic heterocycles. The molecular weight excluding hydrogens is 266 g/mol. The predicted octanol–water partition coefficient (Wildman–Crippen LogP) is 3.22. The Morgan fingerprint density at radius 3 is 2.00 bits per heavy atom. The number of ether oxygens (including phenoxy) is 1. The summed E-state index contributed by atoms with van der Waals surface area (Å²) < 4.78 is 7.00. The van der Waals surface area contributed by atoms with E-state index in [0.717, 1.165) is 0 Å². The van der Waals surface area contributed by atoms with Crippen molar-refractivity contribution in [1.82, 2.24) is 4.57 Å². The van der Waals surface area contributed by atoms with Crippen molar-refractivity contribution in [3.05, 3.63) is 52.6 Å². The van der Waals surface area contributed by atoms with Crippen LogP contribution >= 0.6 is 11.6 Å². The number of benzene rings is 1. The zero-order chi connectivity index (χ0) is 13.1. The van der Waals surface area contributed by atoms with Crippen LogP contribution in [-0.4, -0.2) is 14.8 Å². The van der Waals surface area contributed by atoms with Crippen LogP contribution in [0, 0.1) is 0 Å². The van der Waals surface area contributed by atoms with Gasteiger partial charge < -0.3 is 14.9 Å². The standard InChI is InChI=1S/C14H10ClNO3/c15-7-1-3-8(4-2-7)16-13(17)11-9-5-6-10(19-9)12(11)14(16)18/h1-6,9-10,17-18H. The summed E-state index contributed by atoms with van der Waals surface area (Å²) in [6.45, 7) is 0. The maximum absolute atomic E-state index is 10.3. The second-order valence-corrected chi connectivity index (χ2v) is 5.09. The summed E-state index contributed by atoms with van der Waals surface area (Å²) in [5, 5.41) is 21.3. The van der Waals surface area contributed by atoms with Gasteiger partial charge in [0.2, 0.25) is 11.8 Å². The van der Waals surface area contributed by atoms with Gasteiger partial charge in [0.05, 0.1) is 16.8 Å². The summed E-state index contributed by atoms with van der Waals surface area (Å²) in [5.41, 5.74) is 1.97. The van der Waals surface area contributed by atoms with Crippen molar-refractivity contribution in [2.75, 3.05) is 0 Å². The van der Waals surface area contributed by atoms with E-state index in [1.54, 1.807) is 24.3 Å². The van der Waals surface area contributed by atoms with E-state index >= 15 is 0 Å². The Kier molecular flexibility index (Phi) is 2.05. The predicted molar refractivity (Wildman–Crippen MR) is 69.8 cm³/mol. The van der Waals surface area contributed by atoms with Gasteiger partial charge in [0.15, 0.2) is 0 Å². The van der Waals surface area contributed by atoms with Crippen molar-refractivity contribution in [2.45, 2.75) is 12.2 Å². The highest BCUT2D eigenvalue weighted by Gasteiger charge is 2.42. The molecule has 0 saturated heterocycles. The van der Waals surface area contributed by atoms with E-state index in [0.29, 0.717) is 21.8 Å². The lowest BCUT2D eigenvalue weighted by molar-refractivity contribution is 0.0842. The fraction of sp³-hybridized carbons (Fsp3) is 0.143. The Hall–Kier alpha value is -1.91. The van der Waals surface area contributed by atoms with Crippen LogP contribution in [0.5, 0.6) is 11.8 Å². The van der Waals surface area contributed by atoms with Crippen LogP contribution in [0.15, 0.2) is 36.4 Å². The van der Waals surface area contributed by atoms with Gasteiger partial charge in [-0.15, -0.1) is 0 Å². The van der Waals surface area contributed by atoms with Crippen LogP contribution in [0.2, 0.25) is 5.02 Å². The summed E-state index contributed by atoms with van der Waals surface area (Å²) in [6.07, 6.45) is 3.25. The lowest BCUT2D eigenvalue weighted by atomic mass is 10.0. The fourth-order valence-electron chi connectivity index (χ4n) is 2.76. The van der Waals surface area contributed by atoms with Crippen molar-refractivity contribution in [3.63, 3.8) is 0 Å². The molecule has 0 aliphatic carbocycles. The molecule has 2 unspecified atom stereocenters. The highest BCUT2D eigenvalue weighted by molar-refractivity contribution is 6.30. The molecule has 1 aromatic carbocycles. The van der Waals surface area contributed by atoms with Gasteiger partial charge in [-0.25, -0.2) is 0 Å². The topological polar surface area (TPSA) is 54.6 Å². The van der Waals surface area contributed by atoms with Crippen molar-refractivity contribution in [1.29, 1.82) is 0 Å². The van der Waals surface area contributed by atoms with E-state index in [9.17, 15) is 10.2 Å². The molecular formula is C14H10ClNO3. The largest absolute Gasteiger partial charge is 0.494 e. The van der Waals surface area contributed by atoms with Gasteiger partial charge >= 0.3 is 0 Å². The van der Waals surface area contributed by atoms with Crippen LogP contribution in [-0.2, 0) is 4.74 Å². The molecule has 2 bridgehead atoms. The van der Waals surface area contributed by atoms with Gasteiger partial charge in [0, 0.05) is 5.02 Å². The summed E-state index contributed by atoms with van der Waals surface area (Å²) >= 11 is 5.85. The number of rotatable bonds is 1. The smallest absolute Gasteiger partial charge is 0.205 e. The van der Waals surface area contributed by atoms with E-state index in [1.165, 1.54) is 4.57 Å². The molecule has 0 fully saturated rings. The number of hydrogen-bond donors (Lipinski definition) is 2. The second-order valence-electron chi connectivity index (χ2n) is 4.65. The molecule has 0 spiro atoms. The SMILES string of the molecule is Oc1c2c(c(O)n1-c1ccc(Cl)cc1)C1C=CC2O1. The van der Waals surface area contributed by atoms with E-state index in [1.807, 2.05) is 12.2 Å². The summed E-state index contributed by atoms with van der Waals surface area (Å²) in [5.74, 6) is 0.0401. The Morgan fingerprint density at radius 1 is 0.947 bits per heavy atom. The average Bonchev–Trinajstić information content (AvgIpc) is 3.06. The second kappa shape index (κ2) is 3.56. The molecule has 96 valence electrons. The van der Waals surface area contributed by atoms with E-state index in [2.05, 4.69) is 0 Å². The quantitative estimate of drug-likeness (QED) is 0.786. The summed E-state index contributed by atoms with van der Waals surface area (Å²) in [6, 6.07) is 6.91. The molecule has 4 rings (SSSR count). The number of halogens is 1. The molecule has 2 aromatic rings. The zero-order valence-corrected chi connectivity index (χ0v) is 10.5. The third-order valence-electron chi connectivity index (χ3n) is 3.60. The molecule has 19 heavy (non-hydrogen) atoms. The molecule has 2 atom stereocenters. The van der Waals surface area contributed by atoms with Crippen LogP contribution in [0.3, 0.4) is 0 Å². The molecule has 0 saturated carbocycles. The highest BCUT2D eigenvalue weighted by atomic mass is 35.5. The summed E-state index contributed by atoms with van der Waals surface area (Å²) in [4.78, 5) is 0. The lowest BCUT2D eigenvalue weighted by Gasteiger charge is -2.10. The van der Waals surface area contributed by atoms with E-state index in [-0.39, 0.29) is 24.0 Å². The third kappa shape index (κ3) is 1.33. The van der Waals surface area contributed by atoms with Gasteiger partial charge in [-0.3, -0.25) is 4.57 Å².